The van der Waals surface area contributed by atoms with Crippen molar-refractivity contribution >= 4 is 0 Å². The average Bonchev–Trinajstić information content (AvgIpc) is 3.56. The lowest BCUT2D eigenvalue weighted by atomic mass is 9.69. The Morgan fingerprint density at radius 1 is 0.690 bits per heavy atom. The van der Waals surface area contributed by atoms with Gasteiger partial charge in [-0.15, -0.1) is 0 Å². The molecule has 3 fully saturated rings. The van der Waals surface area contributed by atoms with Gasteiger partial charge in [-0.25, -0.2) is 0 Å². The zero-order valence-corrected chi connectivity index (χ0v) is 17.8. The molecule has 0 saturated heterocycles. The Balaban J connectivity index is 1.19. The first kappa shape index (κ1) is 20.9. The summed E-state index contributed by atoms with van der Waals surface area (Å²) in [4.78, 5) is 0. The number of hydrogen-bond donors (Lipinski definition) is 0. The van der Waals surface area contributed by atoms with Gasteiger partial charge in [0.1, 0.15) is 0 Å². The molecule has 0 atom stereocenters. The van der Waals surface area contributed by atoms with Gasteiger partial charge in [0.25, 0.3) is 0 Å². The Morgan fingerprint density at radius 2 is 1.14 bits per heavy atom. The van der Waals surface area contributed by atoms with Gasteiger partial charge in [0.15, 0.2) is 11.5 Å². The molecule has 0 bridgehead atoms. The van der Waals surface area contributed by atoms with Gasteiger partial charge in [0.2, 0.25) is 11.6 Å². The molecule has 0 unspecified atom stereocenters. The second-order valence-electron chi connectivity index (χ2n) is 9.67. The quantitative estimate of drug-likeness (QED) is 0.456. The summed E-state index contributed by atoms with van der Waals surface area (Å²) >= 11 is 0. The van der Waals surface area contributed by atoms with E-state index in [0.717, 1.165) is 36.5 Å². The molecule has 4 rings (SSSR count). The highest BCUT2D eigenvalue weighted by Gasteiger charge is 2.33. The fourth-order valence-corrected chi connectivity index (χ4v) is 5.65. The predicted octanol–water partition coefficient (Wildman–Crippen LogP) is 7.16. The van der Waals surface area contributed by atoms with Crippen molar-refractivity contribution in [2.24, 2.45) is 29.6 Å². The standard InChI is InChI=1S/C25H36F2O2/c1-2-28-22-13-14-23(25(27)24(22)26)29-16-19-7-11-21(12-8-19)20-9-5-18(6-10-20)15-17-3-4-17/h13-14,17-21H,2-12,15-16H2,1H3. The topological polar surface area (TPSA) is 18.5 Å². The van der Waals surface area contributed by atoms with Crippen molar-refractivity contribution in [3.05, 3.63) is 23.8 Å². The number of ether oxygens (including phenoxy) is 2. The van der Waals surface area contributed by atoms with Gasteiger partial charge in [-0.1, -0.05) is 25.7 Å². The van der Waals surface area contributed by atoms with Crippen molar-refractivity contribution in [1.29, 1.82) is 0 Å². The van der Waals surface area contributed by atoms with Crippen molar-refractivity contribution in [1.82, 2.24) is 0 Å². The van der Waals surface area contributed by atoms with Crippen LogP contribution in [0.5, 0.6) is 11.5 Å². The Bertz CT molecular complexity index is 657. The van der Waals surface area contributed by atoms with Crippen LogP contribution in [0.25, 0.3) is 0 Å². The molecule has 0 amide bonds. The third-order valence-electron chi connectivity index (χ3n) is 7.60. The number of hydrogen-bond acceptors (Lipinski definition) is 2. The molecular formula is C25H36F2O2. The minimum Gasteiger partial charge on any atom is -0.491 e. The Labute approximate surface area is 174 Å². The van der Waals surface area contributed by atoms with Crippen molar-refractivity contribution < 1.29 is 18.3 Å². The Kier molecular flexibility index (Phi) is 6.97. The first-order valence-electron chi connectivity index (χ1n) is 11.9. The van der Waals surface area contributed by atoms with E-state index in [2.05, 4.69) is 0 Å². The first-order valence-corrected chi connectivity index (χ1v) is 11.9. The summed E-state index contributed by atoms with van der Waals surface area (Å²) in [7, 11) is 0. The van der Waals surface area contributed by atoms with Crippen LogP contribution in [0.1, 0.15) is 77.6 Å². The fraction of sp³-hybridized carbons (Fsp3) is 0.760. The molecule has 1 aromatic rings. The molecule has 2 nitrogen and oxygen atoms in total. The van der Waals surface area contributed by atoms with E-state index in [-0.39, 0.29) is 11.5 Å². The SMILES string of the molecule is CCOc1ccc(OCC2CCC(C3CCC(CC4CC4)CC3)CC2)c(F)c1F. The molecule has 0 spiro atoms. The molecule has 0 N–H and O–H groups in total. The van der Waals surface area contributed by atoms with Gasteiger partial charge in [0, 0.05) is 0 Å². The number of benzene rings is 1. The van der Waals surface area contributed by atoms with E-state index in [0.29, 0.717) is 19.1 Å². The van der Waals surface area contributed by atoms with Crippen LogP contribution in [0.15, 0.2) is 12.1 Å². The normalized spacial score (nSPS) is 30.2. The summed E-state index contributed by atoms with van der Waals surface area (Å²) in [6.45, 7) is 2.53. The van der Waals surface area contributed by atoms with Gasteiger partial charge in [-0.3, -0.25) is 0 Å². The summed E-state index contributed by atoms with van der Waals surface area (Å²) in [6.07, 6.45) is 15.1. The zero-order chi connectivity index (χ0) is 20.2. The minimum absolute atomic E-state index is 0.00191. The first-order chi connectivity index (χ1) is 14.1. The summed E-state index contributed by atoms with van der Waals surface area (Å²) in [5.74, 6) is 2.38. The van der Waals surface area contributed by atoms with Crippen LogP contribution < -0.4 is 9.47 Å². The van der Waals surface area contributed by atoms with Gasteiger partial charge in [-0.05, 0) is 93.6 Å². The van der Waals surface area contributed by atoms with Crippen LogP contribution in [0.2, 0.25) is 0 Å². The van der Waals surface area contributed by atoms with E-state index < -0.39 is 11.6 Å². The lowest BCUT2D eigenvalue weighted by Gasteiger charge is -2.38. The van der Waals surface area contributed by atoms with E-state index in [1.807, 2.05) is 0 Å². The second-order valence-corrected chi connectivity index (χ2v) is 9.67. The van der Waals surface area contributed by atoms with Crippen LogP contribution >= 0.6 is 0 Å². The summed E-state index contributed by atoms with van der Waals surface area (Å²) in [6, 6.07) is 2.93. The third kappa shape index (κ3) is 5.44. The second kappa shape index (κ2) is 9.66. The molecule has 0 aliphatic heterocycles. The van der Waals surface area contributed by atoms with Crippen LogP contribution in [0, 0.1) is 41.2 Å². The van der Waals surface area contributed by atoms with Gasteiger partial charge < -0.3 is 9.47 Å². The van der Waals surface area contributed by atoms with E-state index in [9.17, 15) is 8.78 Å². The molecule has 4 heteroatoms. The monoisotopic (exact) mass is 406 g/mol. The van der Waals surface area contributed by atoms with E-state index >= 15 is 0 Å². The molecule has 3 aliphatic rings. The molecule has 0 radical (unpaired) electrons. The van der Waals surface area contributed by atoms with E-state index in [1.54, 1.807) is 6.92 Å². The van der Waals surface area contributed by atoms with Crippen LogP contribution in [-0.2, 0) is 0 Å². The van der Waals surface area contributed by atoms with Crippen LogP contribution in [0.4, 0.5) is 8.78 Å². The maximum atomic E-state index is 14.2. The fourth-order valence-electron chi connectivity index (χ4n) is 5.65. The summed E-state index contributed by atoms with van der Waals surface area (Å²) in [5, 5.41) is 0. The largest absolute Gasteiger partial charge is 0.491 e. The van der Waals surface area contributed by atoms with E-state index in [1.165, 1.54) is 69.9 Å². The van der Waals surface area contributed by atoms with Crippen molar-refractivity contribution in [3.8, 4) is 11.5 Å². The van der Waals surface area contributed by atoms with Crippen molar-refractivity contribution in [2.75, 3.05) is 13.2 Å². The molecule has 1 aromatic carbocycles. The van der Waals surface area contributed by atoms with E-state index in [4.69, 9.17) is 9.47 Å². The average molecular weight is 407 g/mol. The smallest absolute Gasteiger partial charge is 0.204 e. The minimum atomic E-state index is -0.953. The lowest BCUT2D eigenvalue weighted by molar-refractivity contribution is 0.119. The van der Waals surface area contributed by atoms with Gasteiger partial charge >= 0.3 is 0 Å². The lowest BCUT2D eigenvalue weighted by Crippen LogP contribution is -2.27. The molecule has 3 saturated carbocycles. The molecular weight excluding hydrogens is 370 g/mol. The molecule has 3 aliphatic carbocycles. The Morgan fingerprint density at radius 3 is 1.62 bits per heavy atom. The maximum absolute atomic E-state index is 14.2. The molecule has 162 valence electrons. The van der Waals surface area contributed by atoms with Crippen LogP contribution in [-0.4, -0.2) is 13.2 Å². The molecule has 0 aromatic heterocycles. The third-order valence-corrected chi connectivity index (χ3v) is 7.60. The van der Waals surface area contributed by atoms with Crippen molar-refractivity contribution in [3.63, 3.8) is 0 Å². The summed E-state index contributed by atoms with van der Waals surface area (Å²) in [5.41, 5.74) is 0. The highest BCUT2D eigenvalue weighted by atomic mass is 19.2. The number of halogens is 2. The zero-order valence-electron chi connectivity index (χ0n) is 17.8. The predicted molar refractivity (Wildman–Crippen MR) is 111 cm³/mol. The number of rotatable bonds is 8. The molecule has 29 heavy (non-hydrogen) atoms. The van der Waals surface area contributed by atoms with Crippen LogP contribution in [0.3, 0.4) is 0 Å². The summed E-state index contributed by atoms with van der Waals surface area (Å²) < 4.78 is 38.9. The van der Waals surface area contributed by atoms with Gasteiger partial charge in [-0.2, -0.15) is 8.78 Å². The highest BCUT2D eigenvalue weighted by Crippen LogP contribution is 2.45. The van der Waals surface area contributed by atoms with Gasteiger partial charge in [0.05, 0.1) is 13.2 Å². The van der Waals surface area contributed by atoms with Crippen molar-refractivity contribution in [2.45, 2.75) is 77.6 Å². The molecule has 0 heterocycles. The maximum Gasteiger partial charge on any atom is 0.204 e. The highest BCUT2D eigenvalue weighted by molar-refractivity contribution is 5.35. The Hall–Kier alpha value is -1.32.